The minimum absolute atomic E-state index is 0.199. The van der Waals surface area contributed by atoms with Gasteiger partial charge in [0.05, 0.1) is 12.2 Å². The highest BCUT2D eigenvalue weighted by atomic mass is 16.8. The highest BCUT2D eigenvalue weighted by Gasteiger charge is 2.48. The van der Waals surface area contributed by atoms with E-state index < -0.39 is 0 Å². The third-order valence-electron chi connectivity index (χ3n) is 11.0. The van der Waals surface area contributed by atoms with Gasteiger partial charge in [0.15, 0.2) is 5.79 Å². The summed E-state index contributed by atoms with van der Waals surface area (Å²) in [6.07, 6.45) is 57.1. The van der Waals surface area contributed by atoms with Crippen LogP contribution >= 0.6 is 0 Å². The summed E-state index contributed by atoms with van der Waals surface area (Å²) in [5.74, 6) is -0.369. The predicted octanol–water partition coefficient (Wildman–Crippen LogP) is 14.2. The summed E-state index contributed by atoms with van der Waals surface area (Å²) in [4.78, 5) is 6.75. The van der Waals surface area contributed by atoms with E-state index in [4.69, 9.17) is 9.47 Å². The van der Waals surface area contributed by atoms with Gasteiger partial charge in [0.2, 0.25) is 0 Å². The van der Waals surface area contributed by atoms with Crippen LogP contribution in [0.25, 0.3) is 0 Å². The largest absolute Gasteiger partial charge is 0.344 e. The molecular formula is C48H80N2O2. The first kappa shape index (κ1) is 44.4. The van der Waals surface area contributed by atoms with E-state index in [-0.39, 0.29) is 18.0 Å². The summed E-state index contributed by atoms with van der Waals surface area (Å²) in [7, 11) is 0. The summed E-state index contributed by atoms with van der Waals surface area (Å²) in [5.41, 5.74) is 1.33. The van der Waals surface area contributed by atoms with Crippen molar-refractivity contribution in [3.63, 3.8) is 0 Å². The Morgan fingerprint density at radius 1 is 0.577 bits per heavy atom. The molecule has 0 unspecified atom stereocenters. The van der Waals surface area contributed by atoms with Crippen molar-refractivity contribution in [2.45, 2.75) is 212 Å². The van der Waals surface area contributed by atoms with Crippen molar-refractivity contribution in [3.05, 3.63) is 78.7 Å². The molecule has 0 aromatic carbocycles. The van der Waals surface area contributed by atoms with E-state index in [0.29, 0.717) is 0 Å². The number of likely N-dealkylation sites (tertiary alicyclic amines) is 1. The summed E-state index contributed by atoms with van der Waals surface area (Å²) >= 11 is 0. The molecule has 0 saturated carbocycles. The molecular weight excluding hydrogens is 637 g/mol. The quantitative estimate of drug-likeness (QED) is 0.0549. The Hall–Kier alpha value is -2.01. The van der Waals surface area contributed by atoms with Crippen LogP contribution in [0.2, 0.25) is 0 Å². The number of ether oxygens (including phenoxy) is 2. The van der Waals surface area contributed by atoms with Gasteiger partial charge in [-0.2, -0.15) is 0 Å². The highest BCUT2D eigenvalue weighted by molar-refractivity contribution is 5.10. The second-order valence-corrected chi connectivity index (χ2v) is 15.8. The number of piperidine rings is 1. The fourth-order valence-corrected chi connectivity index (χ4v) is 7.80. The molecule has 2 fully saturated rings. The number of pyridine rings is 1. The molecule has 1 aromatic rings. The minimum atomic E-state index is -0.369. The maximum absolute atomic E-state index is 6.97. The molecule has 1 aromatic heterocycles. The van der Waals surface area contributed by atoms with Crippen molar-refractivity contribution in [2.75, 3.05) is 13.1 Å². The molecule has 0 N–H and O–H groups in total. The van der Waals surface area contributed by atoms with E-state index in [1.807, 2.05) is 12.4 Å². The Morgan fingerprint density at radius 3 is 1.52 bits per heavy atom. The van der Waals surface area contributed by atoms with Crippen molar-refractivity contribution in [3.8, 4) is 0 Å². The van der Waals surface area contributed by atoms with E-state index in [1.54, 1.807) is 0 Å². The third-order valence-corrected chi connectivity index (χ3v) is 11.0. The summed E-state index contributed by atoms with van der Waals surface area (Å²) in [5, 5.41) is 0. The fraction of sp³-hybridized carbons (Fsp3) is 0.729. The lowest BCUT2D eigenvalue weighted by atomic mass is 9.98. The number of aromatic nitrogens is 1. The van der Waals surface area contributed by atoms with Gasteiger partial charge in [-0.25, -0.2) is 0 Å². The Balaban J connectivity index is 1.31. The van der Waals surface area contributed by atoms with Gasteiger partial charge in [-0.3, -0.25) is 9.88 Å². The van der Waals surface area contributed by atoms with Crippen LogP contribution in [0.5, 0.6) is 0 Å². The van der Waals surface area contributed by atoms with Gasteiger partial charge in [-0.1, -0.05) is 140 Å². The van der Waals surface area contributed by atoms with Gasteiger partial charge in [-0.15, -0.1) is 0 Å². The first-order chi connectivity index (χ1) is 25.7. The third kappa shape index (κ3) is 21.0. The topological polar surface area (TPSA) is 34.6 Å². The molecule has 3 heterocycles. The van der Waals surface area contributed by atoms with Crippen molar-refractivity contribution >= 4 is 0 Å². The summed E-state index contributed by atoms with van der Waals surface area (Å²) in [6.45, 7) is 7.57. The van der Waals surface area contributed by atoms with Crippen molar-refractivity contribution in [1.82, 2.24) is 9.88 Å². The van der Waals surface area contributed by atoms with Crippen molar-refractivity contribution in [1.29, 1.82) is 0 Å². The van der Waals surface area contributed by atoms with E-state index >= 15 is 0 Å². The van der Waals surface area contributed by atoms with Crippen LogP contribution < -0.4 is 0 Å². The van der Waals surface area contributed by atoms with Gasteiger partial charge in [0, 0.05) is 44.9 Å². The monoisotopic (exact) mass is 717 g/mol. The SMILES string of the molecule is CCCCCC=CCC=CCCCCCCCCC1(CCCCCCCCC=CCC=CCCCCC)O[C@H]2CN(Cc3ccncc3)CC[C@H]2O1. The molecule has 4 nitrogen and oxygen atoms in total. The fourth-order valence-electron chi connectivity index (χ4n) is 7.80. The number of fused-ring (bicyclic) bond motifs is 1. The predicted molar refractivity (Wildman–Crippen MR) is 225 cm³/mol. The molecule has 0 spiro atoms. The molecule has 294 valence electrons. The molecule has 0 amide bonds. The van der Waals surface area contributed by atoms with Gasteiger partial charge in [-0.05, 0) is 101 Å². The normalized spacial score (nSPS) is 21.1. The van der Waals surface area contributed by atoms with Crippen LogP contribution in [0.3, 0.4) is 0 Å². The first-order valence-corrected chi connectivity index (χ1v) is 22.3. The van der Waals surface area contributed by atoms with Crippen LogP contribution in [-0.4, -0.2) is 41.0 Å². The Morgan fingerprint density at radius 2 is 1.02 bits per heavy atom. The number of nitrogens with zero attached hydrogens (tertiary/aromatic N) is 2. The van der Waals surface area contributed by atoms with E-state index in [2.05, 4.69) is 84.5 Å². The second-order valence-electron chi connectivity index (χ2n) is 15.8. The first-order valence-electron chi connectivity index (χ1n) is 22.3. The van der Waals surface area contributed by atoms with Gasteiger partial charge < -0.3 is 9.47 Å². The molecule has 0 radical (unpaired) electrons. The number of allylic oxidation sites excluding steroid dienone is 8. The lowest BCUT2D eigenvalue weighted by Crippen LogP contribution is -2.44. The highest BCUT2D eigenvalue weighted by Crippen LogP contribution is 2.41. The maximum Gasteiger partial charge on any atom is 0.169 e. The Bertz CT molecular complexity index is 1030. The maximum atomic E-state index is 6.97. The molecule has 52 heavy (non-hydrogen) atoms. The van der Waals surface area contributed by atoms with Crippen molar-refractivity contribution < 1.29 is 9.47 Å². The number of unbranched alkanes of at least 4 members (excludes halogenated alkanes) is 18. The van der Waals surface area contributed by atoms with E-state index in [1.165, 1.54) is 147 Å². The molecule has 2 aliphatic rings. The summed E-state index contributed by atoms with van der Waals surface area (Å²) < 4.78 is 13.9. The van der Waals surface area contributed by atoms with Crippen LogP contribution in [0, 0.1) is 0 Å². The molecule has 4 heteroatoms. The van der Waals surface area contributed by atoms with Gasteiger partial charge >= 0.3 is 0 Å². The Kier molecular flexibility index (Phi) is 25.9. The van der Waals surface area contributed by atoms with Gasteiger partial charge in [0.1, 0.15) is 0 Å². The lowest BCUT2D eigenvalue weighted by Gasteiger charge is -2.32. The second kappa shape index (κ2) is 30.3. The molecule has 0 bridgehead atoms. The van der Waals surface area contributed by atoms with Crippen LogP contribution in [0.15, 0.2) is 73.1 Å². The molecule has 2 saturated heterocycles. The van der Waals surface area contributed by atoms with Gasteiger partial charge in [0.25, 0.3) is 0 Å². The standard InChI is InChI=1S/C48H80N2O2/c1-3-5-7-9-11-13-15-17-19-21-23-25-27-29-31-33-38-48(39-34-32-30-28-26-24-22-20-18-16-14-12-10-8-6-4-2)51-46-37-42-50(44-47(46)52-48)43-45-35-40-49-41-36-45/h11-14,17-20,35-36,40-41,46-47H,3-10,15-16,21-34,37-39,42-44H2,1-2H3/t46-,47+,48?/m1/s1. The van der Waals surface area contributed by atoms with Crippen molar-refractivity contribution in [2.24, 2.45) is 0 Å². The lowest BCUT2D eigenvalue weighted by molar-refractivity contribution is -0.185. The zero-order valence-electron chi connectivity index (χ0n) is 34.0. The number of hydrogen-bond acceptors (Lipinski definition) is 4. The Labute approximate surface area is 322 Å². The zero-order chi connectivity index (χ0) is 36.6. The van der Waals surface area contributed by atoms with Crippen LogP contribution in [-0.2, 0) is 16.0 Å². The molecule has 3 rings (SSSR count). The van der Waals surface area contributed by atoms with E-state index in [9.17, 15) is 0 Å². The van der Waals surface area contributed by atoms with E-state index in [0.717, 1.165) is 51.7 Å². The average molecular weight is 717 g/mol. The zero-order valence-corrected chi connectivity index (χ0v) is 34.0. The number of rotatable bonds is 32. The molecule has 2 atom stereocenters. The molecule has 0 aliphatic carbocycles. The summed E-state index contributed by atoms with van der Waals surface area (Å²) in [6, 6.07) is 4.28. The molecule has 2 aliphatic heterocycles. The minimum Gasteiger partial charge on any atom is -0.344 e. The van der Waals surface area contributed by atoms with Crippen LogP contribution in [0.4, 0.5) is 0 Å². The van der Waals surface area contributed by atoms with Crippen LogP contribution in [0.1, 0.15) is 193 Å². The number of hydrogen-bond donors (Lipinski definition) is 0. The average Bonchev–Trinajstić information content (AvgIpc) is 3.52. The smallest absolute Gasteiger partial charge is 0.169 e.